The summed E-state index contributed by atoms with van der Waals surface area (Å²) < 4.78 is 17.0. The molecule has 0 saturated heterocycles. The van der Waals surface area contributed by atoms with Crippen LogP contribution in [-0.4, -0.2) is 29.1 Å². The number of rotatable bonds is 10. The highest BCUT2D eigenvalue weighted by Crippen LogP contribution is 2.28. The largest absolute Gasteiger partial charge is 0.490 e. The molecule has 0 atom stereocenters. The zero-order chi connectivity index (χ0) is 24.5. The molecule has 0 aliphatic rings. The molecule has 1 heterocycles. The molecule has 3 aromatic carbocycles. The molecule has 1 aromatic heterocycles. The molecule has 178 valence electrons. The van der Waals surface area contributed by atoms with E-state index in [2.05, 4.69) is 15.3 Å². The van der Waals surface area contributed by atoms with E-state index in [1.165, 1.54) is 6.33 Å². The average molecular weight is 470 g/mol. The van der Waals surface area contributed by atoms with Crippen LogP contribution in [0.3, 0.4) is 0 Å². The van der Waals surface area contributed by atoms with Gasteiger partial charge in [0.05, 0.1) is 18.9 Å². The van der Waals surface area contributed by atoms with E-state index >= 15 is 0 Å². The number of hydrogen-bond donors (Lipinski definition) is 1. The molecule has 0 radical (unpaired) electrons. The minimum atomic E-state index is -0.167. The molecule has 4 rings (SSSR count). The first kappa shape index (κ1) is 23.8. The van der Waals surface area contributed by atoms with Gasteiger partial charge in [-0.15, -0.1) is 0 Å². The maximum Gasteiger partial charge on any atom is 0.251 e. The van der Waals surface area contributed by atoms with Crippen LogP contribution in [0.15, 0.2) is 85.2 Å². The summed E-state index contributed by atoms with van der Waals surface area (Å²) in [5.41, 5.74) is 3.04. The Morgan fingerprint density at radius 3 is 2.31 bits per heavy atom. The molecule has 35 heavy (non-hydrogen) atoms. The van der Waals surface area contributed by atoms with Gasteiger partial charge in [0.2, 0.25) is 5.88 Å². The smallest absolute Gasteiger partial charge is 0.251 e. The third-order valence-corrected chi connectivity index (χ3v) is 5.11. The molecular formula is C28H27N3O4. The Labute approximate surface area is 204 Å². The van der Waals surface area contributed by atoms with Crippen LogP contribution in [0.25, 0.3) is 11.3 Å². The van der Waals surface area contributed by atoms with E-state index in [1.807, 2.05) is 74.5 Å². The number of amides is 1. The molecule has 0 aliphatic heterocycles. The summed E-state index contributed by atoms with van der Waals surface area (Å²) in [6, 6.07) is 24.1. The van der Waals surface area contributed by atoms with E-state index in [0.717, 1.165) is 11.1 Å². The molecule has 0 saturated carbocycles. The summed E-state index contributed by atoms with van der Waals surface area (Å²) >= 11 is 0. The number of carbonyl (C=O) groups excluding carboxylic acids is 1. The van der Waals surface area contributed by atoms with Crippen LogP contribution in [-0.2, 0) is 6.54 Å². The van der Waals surface area contributed by atoms with Crippen LogP contribution >= 0.6 is 0 Å². The van der Waals surface area contributed by atoms with Crippen molar-refractivity contribution >= 4 is 5.91 Å². The fourth-order valence-corrected chi connectivity index (χ4v) is 3.44. The summed E-state index contributed by atoms with van der Waals surface area (Å²) in [6.07, 6.45) is 1.46. The predicted octanol–water partition coefficient (Wildman–Crippen LogP) is 5.66. The van der Waals surface area contributed by atoms with Gasteiger partial charge in [0.1, 0.15) is 12.1 Å². The monoisotopic (exact) mass is 469 g/mol. The number of benzene rings is 3. The number of hydrogen-bond acceptors (Lipinski definition) is 6. The molecule has 4 aromatic rings. The van der Waals surface area contributed by atoms with Crippen molar-refractivity contribution in [3.63, 3.8) is 0 Å². The number of nitrogens with one attached hydrogen (secondary N) is 1. The number of nitrogens with zero attached hydrogens (tertiary/aromatic N) is 2. The summed E-state index contributed by atoms with van der Waals surface area (Å²) in [4.78, 5) is 21.2. The molecule has 0 unspecified atom stereocenters. The lowest BCUT2D eigenvalue weighted by molar-refractivity contribution is 0.0951. The van der Waals surface area contributed by atoms with Crippen LogP contribution in [0.1, 0.15) is 29.8 Å². The lowest BCUT2D eigenvalue weighted by Gasteiger charge is -2.13. The topological polar surface area (TPSA) is 82.6 Å². The Bertz CT molecular complexity index is 1260. The van der Waals surface area contributed by atoms with Crippen molar-refractivity contribution in [2.45, 2.75) is 20.4 Å². The fraction of sp³-hybridized carbons (Fsp3) is 0.179. The molecular weight excluding hydrogens is 442 g/mol. The van der Waals surface area contributed by atoms with E-state index in [-0.39, 0.29) is 5.91 Å². The summed E-state index contributed by atoms with van der Waals surface area (Å²) in [7, 11) is 0. The summed E-state index contributed by atoms with van der Waals surface area (Å²) in [6.45, 7) is 5.32. The average Bonchev–Trinajstić information content (AvgIpc) is 2.90. The van der Waals surface area contributed by atoms with Gasteiger partial charge in [-0.1, -0.05) is 36.4 Å². The molecule has 0 spiro atoms. The van der Waals surface area contributed by atoms with Gasteiger partial charge in [0, 0.05) is 23.7 Å². The Balaban J connectivity index is 1.40. The number of aromatic nitrogens is 2. The molecule has 0 bridgehead atoms. The van der Waals surface area contributed by atoms with Crippen molar-refractivity contribution in [2.24, 2.45) is 0 Å². The summed E-state index contributed by atoms with van der Waals surface area (Å²) in [5.74, 6) is 2.35. The van der Waals surface area contributed by atoms with E-state index < -0.39 is 0 Å². The van der Waals surface area contributed by atoms with Crippen molar-refractivity contribution in [3.8, 4) is 34.4 Å². The van der Waals surface area contributed by atoms with Crippen LogP contribution in [0.5, 0.6) is 23.1 Å². The van der Waals surface area contributed by atoms with Gasteiger partial charge in [0.25, 0.3) is 5.91 Å². The van der Waals surface area contributed by atoms with Crippen molar-refractivity contribution in [2.75, 3.05) is 13.2 Å². The zero-order valence-electron chi connectivity index (χ0n) is 19.7. The minimum Gasteiger partial charge on any atom is -0.490 e. The molecule has 1 N–H and O–H groups in total. The second-order valence-corrected chi connectivity index (χ2v) is 7.56. The second kappa shape index (κ2) is 11.7. The van der Waals surface area contributed by atoms with Gasteiger partial charge in [-0.3, -0.25) is 4.79 Å². The Hall–Kier alpha value is -4.39. The minimum absolute atomic E-state index is 0.167. The standard InChI is InChI=1S/C28H27N3O4/c1-3-33-25-15-10-20(16-26(25)34-4-2)18-29-28(32)22-13-11-21(12-14-22)24-17-27(31-19-30-24)35-23-8-6-5-7-9-23/h5-17,19H,3-4,18H2,1-2H3,(H,29,32). The maximum atomic E-state index is 12.7. The molecule has 0 fully saturated rings. The van der Waals surface area contributed by atoms with Crippen LogP contribution in [0.4, 0.5) is 0 Å². The van der Waals surface area contributed by atoms with Crippen LogP contribution in [0, 0.1) is 0 Å². The highest BCUT2D eigenvalue weighted by molar-refractivity contribution is 5.94. The van der Waals surface area contributed by atoms with E-state index in [0.29, 0.717) is 54.1 Å². The number of ether oxygens (including phenoxy) is 3. The van der Waals surface area contributed by atoms with Crippen molar-refractivity contribution in [1.29, 1.82) is 0 Å². The lowest BCUT2D eigenvalue weighted by Crippen LogP contribution is -2.22. The van der Waals surface area contributed by atoms with Gasteiger partial charge in [-0.05, 0) is 55.8 Å². The van der Waals surface area contributed by atoms with Crippen molar-refractivity contribution in [1.82, 2.24) is 15.3 Å². The Kier molecular flexibility index (Phi) is 7.91. The maximum absolute atomic E-state index is 12.7. The normalized spacial score (nSPS) is 10.5. The molecule has 0 aliphatic carbocycles. The first-order chi connectivity index (χ1) is 17.2. The first-order valence-corrected chi connectivity index (χ1v) is 11.5. The van der Waals surface area contributed by atoms with E-state index in [1.54, 1.807) is 18.2 Å². The SMILES string of the molecule is CCOc1ccc(CNC(=O)c2ccc(-c3cc(Oc4ccccc4)ncn3)cc2)cc1OCC. The van der Waals surface area contributed by atoms with Crippen LogP contribution in [0.2, 0.25) is 0 Å². The quantitative estimate of drug-likeness (QED) is 0.323. The van der Waals surface area contributed by atoms with Crippen molar-refractivity contribution < 1.29 is 19.0 Å². The molecule has 7 nitrogen and oxygen atoms in total. The second-order valence-electron chi connectivity index (χ2n) is 7.56. The molecule has 7 heteroatoms. The third-order valence-electron chi connectivity index (χ3n) is 5.11. The highest BCUT2D eigenvalue weighted by atomic mass is 16.5. The van der Waals surface area contributed by atoms with Gasteiger partial charge in [0.15, 0.2) is 11.5 Å². The Morgan fingerprint density at radius 1 is 0.829 bits per heavy atom. The Morgan fingerprint density at radius 2 is 1.57 bits per heavy atom. The van der Waals surface area contributed by atoms with Gasteiger partial charge >= 0.3 is 0 Å². The van der Waals surface area contributed by atoms with E-state index in [9.17, 15) is 4.79 Å². The van der Waals surface area contributed by atoms with Crippen LogP contribution < -0.4 is 19.5 Å². The fourth-order valence-electron chi connectivity index (χ4n) is 3.44. The lowest BCUT2D eigenvalue weighted by atomic mass is 10.1. The third kappa shape index (κ3) is 6.35. The van der Waals surface area contributed by atoms with Gasteiger partial charge < -0.3 is 19.5 Å². The van der Waals surface area contributed by atoms with Crippen molar-refractivity contribution in [3.05, 3.63) is 96.3 Å². The first-order valence-electron chi connectivity index (χ1n) is 11.5. The summed E-state index contributed by atoms with van der Waals surface area (Å²) in [5, 5.41) is 2.95. The predicted molar refractivity (Wildman–Crippen MR) is 134 cm³/mol. The highest BCUT2D eigenvalue weighted by Gasteiger charge is 2.10. The van der Waals surface area contributed by atoms with Gasteiger partial charge in [-0.2, -0.15) is 0 Å². The molecule has 1 amide bonds. The number of para-hydroxylation sites is 1. The van der Waals surface area contributed by atoms with E-state index in [4.69, 9.17) is 14.2 Å². The van der Waals surface area contributed by atoms with Gasteiger partial charge in [-0.25, -0.2) is 9.97 Å². The zero-order valence-corrected chi connectivity index (χ0v) is 19.7. The number of carbonyl (C=O) groups is 1.